The number of nitrogens with zero attached hydrogens (tertiary/aromatic N) is 4. The Morgan fingerprint density at radius 1 is 0.766 bits per heavy atom. The number of ether oxygens (including phenoxy) is 1. The predicted molar refractivity (Wildman–Crippen MR) is 185 cm³/mol. The highest BCUT2D eigenvalue weighted by atomic mass is 16.6. The molecule has 3 aromatic carbocycles. The second kappa shape index (κ2) is 14.4. The molecule has 7 nitrogen and oxygen atoms in total. The maximum Gasteiger partial charge on any atom is 0.410 e. The lowest BCUT2D eigenvalue weighted by Crippen LogP contribution is -2.56. The van der Waals surface area contributed by atoms with Gasteiger partial charge in [-0.25, -0.2) is 4.79 Å². The number of piperazine rings is 1. The van der Waals surface area contributed by atoms with Crippen LogP contribution in [0, 0.1) is 0 Å². The average molecular weight is 629 g/mol. The van der Waals surface area contributed by atoms with E-state index in [4.69, 9.17) is 4.74 Å². The van der Waals surface area contributed by atoms with E-state index < -0.39 is 0 Å². The Labute approximate surface area is 278 Å². The first kappa shape index (κ1) is 31.0. The first-order valence-electron chi connectivity index (χ1n) is 17.1. The molecule has 0 unspecified atom stereocenters. The first-order valence-corrected chi connectivity index (χ1v) is 17.1. The van der Waals surface area contributed by atoms with Gasteiger partial charge in [0.15, 0.2) is 0 Å². The molecule has 2 amide bonds. The molecule has 3 fully saturated rings. The lowest BCUT2D eigenvalue weighted by Gasteiger charge is -2.45. The van der Waals surface area contributed by atoms with Gasteiger partial charge in [0.25, 0.3) is 5.91 Å². The number of carbonyl (C=O) groups is 2. The van der Waals surface area contributed by atoms with Gasteiger partial charge in [-0.15, -0.1) is 0 Å². The number of cyclic esters (lactones) is 1. The van der Waals surface area contributed by atoms with Crippen molar-refractivity contribution in [2.75, 3.05) is 32.8 Å². The highest BCUT2D eigenvalue weighted by molar-refractivity contribution is 6.04. The van der Waals surface area contributed by atoms with Gasteiger partial charge >= 0.3 is 6.09 Å². The van der Waals surface area contributed by atoms with E-state index in [1.54, 1.807) is 0 Å². The lowest BCUT2D eigenvalue weighted by molar-refractivity contribution is -0.131. The van der Waals surface area contributed by atoms with Crippen molar-refractivity contribution in [3.63, 3.8) is 0 Å². The van der Waals surface area contributed by atoms with Crippen LogP contribution in [0.1, 0.15) is 42.4 Å². The third kappa shape index (κ3) is 6.91. The van der Waals surface area contributed by atoms with Crippen molar-refractivity contribution in [2.24, 2.45) is 0 Å². The second-order valence-corrected chi connectivity index (χ2v) is 13.0. The topological polar surface area (TPSA) is 56.3 Å². The summed E-state index contributed by atoms with van der Waals surface area (Å²) in [5.41, 5.74) is 5.13. The van der Waals surface area contributed by atoms with Gasteiger partial charge in [0, 0.05) is 38.4 Å². The number of allylic oxidation sites excluding steroid dienone is 2. The van der Waals surface area contributed by atoms with Gasteiger partial charge in [0.05, 0.1) is 29.9 Å². The number of benzene rings is 3. The second-order valence-electron chi connectivity index (χ2n) is 13.0. The van der Waals surface area contributed by atoms with Gasteiger partial charge < -0.3 is 14.5 Å². The van der Waals surface area contributed by atoms with Crippen LogP contribution in [0.5, 0.6) is 0 Å². The highest BCUT2D eigenvalue weighted by Gasteiger charge is 2.41. The fraction of sp³-hybridized carbons (Fsp3) is 0.350. The molecule has 0 radical (unpaired) electrons. The Bertz CT molecular complexity index is 1620. The summed E-state index contributed by atoms with van der Waals surface area (Å²) in [6.07, 6.45) is 12.7. The minimum absolute atomic E-state index is 0.0175. The quantitative estimate of drug-likeness (QED) is 0.285. The van der Waals surface area contributed by atoms with Crippen molar-refractivity contribution in [2.45, 2.75) is 56.8 Å². The molecule has 1 aliphatic carbocycles. The maximum absolute atomic E-state index is 15.0. The largest absolute Gasteiger partial charge is 0.448 e. The summed E-state index contributed by atoms with van der Waals surface area (Å²) in [5, 5.41) is 0. The summed E-state index contributed by atoms with van der Waals surface area (Å²) in [6.45, 7) is 4.18. The van der Waals surface area contributed by atoms with Crippen LogP contribution in [0.3, 0.4) is 0 Å². The third-order valence-electron chi connectivity index (χ3n) is 10.0. The zero-order chi connectivity index (χ0) is 32.0. The predicted octanol–water partition coefficient (Wildman–Crippen LogP) is 6.50. The standard InChI is InChI=1S/C40H44N4O3/c45-39(42-25-24-41(29-32-16-6-2-7-17-32)30-34(42)28-31-14-4-1-5-15-31)35-20-12-13-23-43(38(35)33-18-8-3-9-19-33)36-21-10-11-22-37(36)44-26-27-47-40(44)46/h1-9,12-20,23,34,36-37H,10-11,21-22,24-30H2/t34-,36+,37+/m1/s1. The van der Waals surface area contributed by atoms with Gasteiger partial charge in [-0.05, 0) is 48.1 Å². The number of carbonyl (C=O) groups excluding carboxylic acids is 2. The van der Waals surface area contributed by atoms with E-state index >= 15 is 4.79 Å². The zero-order valence-electron chi connectivity index (χ0n) is 27.0. The minimum Gasteiger partial charge on any atom is -0.448 e. The lowest BCUT2D eigenvalue weighted by atomic mass is 9.87. The summed E-state index contributed by atoms with van der Waals surface area (Å²) in [6, 6.07) is 31.5. The number of amides is 2. The van der Waals surface area contributed by atoms with E-state index in [1.165, 1.54) is 11.1 Å². The summed E-state index contributed by atoms with van der Waals surface area (Å²) in [4.78, 5) is 36.7. The van der Waals surface area contributed by atoms with Crippen LogP contribution in [0.15, 0.2) is 121 Å². The molecule has 3 atom stereocenters. The molecule has 242 valence electrons. The molecule has 7 rings (SSSR count). The molecule has 3 aromatic rings. The van der Waals surface area contributed by atoms with Crippen LogP contribution in [-0.2, 0) is 22.5 Å². The molecule has 3 aliphatic heterocycles. The molecule has 0 bridgehead atoms. The minimum atomic E-state index is -0.225. The molecule has 2 saturated heterocycles. The first-order chi connectivity index (χ1) is 23.2. The fourth-order valence-electron chi connectivity index (χ4n) is 7.81. The SMILES string of the molecule is O=C(C1=C(c2ccccc2)N([C@H]2CCCC[C@@H]2N2CCOC2=O)C=CC=C1)N1CCN(Cc2ccccc2)C[C@H]1Cc1ccccc1. The Morgan fingerprint density at radius 2 is 1.45 bits per heavy atom. The maximum atomic E-state index is 15.0. The summed E-state index contributed by atoms with van der Waals surface area (Å²) >= 11 is 0. The Morgan fingerprint density at radius 3 is 2.15 bits per heavy atom. The molecule has 1 saturated carbocycles. The zero-order valence-corrected chi connectivity index (χ0v) is 27.0. The molecular weight excluding hydrogens is 584 g/mol. The summed E-state index contributed by atoms with van der Waals surface area (Å²) in [7, 11) is 0. The van der Waals surface area contributed by atoms with Crippen LogP contribution in [0.2, 0.25) is 0 Å². The Hall–Kier alpha value is -4.62. The molecule has 4 aliphatic rings. The van der Waals surface area contributed by atoms with Crippen LogP contribution in [0.25, 0.3) is 5.70 Å². The van der Waals surface area contributed by atoms with Crippen molar-refractivity contribution >= 4 is 17.7 Å². The Balaban J connectivity index is 1.25. The summed E-state index contributed by atoms with van der Waals surface area (Å²) in [5.74, 6) is 0.0574. The summed E-state index contributed by atoms with van der Waals surface area (Å²) < 4.78 is 5.40. The van der Waals surface area contributed by atoms with Gasteiger partial charge in [-0.3, -0.25) is 14.6 Å². The smallest absolute Gasteiger partial charge is 0.410 e. The molecule has 7 heteroatoms. The molecule has 0 aromatic heterocycles. The van der Waals surface area contributed by atoms with Crippen LogP contribution >= 0.6 is 0 Å². The van der Waals surface area contributed by atoms with Gasteiger partial charge in [-0.2, -0.15) is 0 Å². The average Bonchev–Trinajstić information content (AvgIpc) is 3.42. The van der Waals surface area contributed by atoms with Crippen molar-refractivity contribution in [3.05, 3.63) is 138 Å². The normalized spacial score (nSPS) is 23.6. The van der Waals surface area contributed by atoms with Crippen LogP contribution < -0.4 is 0 Å². The van der Waals surface area contributed by atoms with E-state index in [-0.39, 0.29) is 30.1 Å². The number of hydrogen-bond donors (Lipinski definition) is 0. The van der Waals surface area contributed by atoms with Gasteiger partial charge in [0.1, 0.15) is 6.61 Å². The van der Waals surface area contributed by atoms with E-state index in [1.807, 2.05) is 47.4 Å². The van der Waals surface area contributed by atoms with Crippen molar-refractivity contribution in [3.8, 4) is 0 Å². The van der Waals surface area contributed by atoms with E-state index in [9.17, 15) is 4.79 Å². The van der Waals surface area contributed by atoms with E-state index in [2.05, 4.69) is 87.6 Å². The molecule has 47 heavy (non-hydrogen) atoms. The molecule has 0 N–H and O–H groups in total. The number of hydrogen-bond acceptors (Lipinski definition) is 5. The van der Waals surface area contributed by atoms with Gasteiger partial charge in [-0.1, -0.05) is 110 Å². The van der Waals surface area contributed by atoms with Crippen LogP contribution in [0.4, 0.5) is 4.79 Å². The van der Waals surface area contributed by atoms with E-state index in [0.717, 1.165) is 63.0 Å². The monoisotopic (exact) mass is 628 g/mol. The van der Waals surface area contributed by atoms with E-state index in [0.29, 0.717) is 25.3 Å². The highest BCUT2D eigenvalue weighted by Crippen LogP contribution is 2.37. The number of rotatable bonds is 8. The van der Waals surface area contributed by atoms with Crippen molar-refractivity contribution < 1.29 is 14.3 Å². The van der Waals surface area contributed by atoms with Crippen LogP contribution in [-0.4, -0.2) is 82.5 Å². The van der Waals surface area contributed by atoms with Crippen molar-refractivity contribution in [1.29, 1.82) is 0 Å². The molecule has 3 heterocycles. The fourth-order valence-corrected chi connectivity index (χ4v) is 7.81. The Kier molecular flexibility index (Phi) is 9.52. The molecule has 0 spiro atoms. The molecular formula is C40H44N4O3. The third-order valence-corrected chi connectivity index (χ3v) is 10.0. The van der Waals surface area contributed by atoms with Gasteiger partial charge in [0.2, 0.25) is 0 Å². The van der Waals surface area contributed by atoms with Crippen molar-refractivity contribution in [1.82, 2.24) is 19.6 Å².